The van der Waals surface area contributed by atoms with E-state index in [1.165, 1.54) is 11.3 Å². The standard InChI is InChI=1S/C24H29N3O3/c28-24-21-16-19(7-6-18(21)17-25-24)29-14-2-1-9-26-10-12-27(13-11-26)22-4-3-5-23-20(22)8-15-30-23/h3-7,16H,1-2,8-15,17H2,(H,25,28). The molecule has 2 aromatic carbocycles. The van der Waals surface area contributed by atoms with Gasteiger partial charge in [0.2, 0.25) is 0 Å². The molecule has 3 aliphatic rings. The monoisotopic (exact) mass is 407 g/mol. The number of hydrogen-bond acceptors (Lipinski definition) is 5. The molecule has 0 aromatic heterocycles. The molecule has 3 heterocycles. The topological polar surface area (TPSA) is 54.0 Å². The van der Waals surface area contributed by atoms with Gasteiger partial charge in [-0.2, -0.15) is 0 Å². The Kier molecular flexibility index (Phi) is 5.49. The minimum absolute atomic E-state index is 0.00239. The molecule has 1 amide bonds. The third-order valence-electron chi connectivity index (χ3n) is 6.33. The number of unbranched alkanes of at least 4 members (excludes halogenated alkanes) is 1. The molecule has 6 heteroatoms. The van der Waals surface area contributed by atoms with Crippen LogP contribution in [-0.4, -0.2) is 56.7 Å². The van der Waals surface area contributed by atoms with E-state index in [2.05, 4.69) is 33.3 Å². The lowest BCUT2D eigenvalue weighted by Crippen LogP contribution is -2.46. The van der Waals surface area contributed by atoms with Gasteiger partial charge in [0.1, 0.15) is 11.5 Å². The van der Waals surface area contributed by atoms with Gasteiger partial charge < -0.3 is 19.7 Å². The number of carbonyl (C=O) groups is 1. The summed E-state index contributed by atoms with van der Waals surface area (Å²) in [7, 11) is 0. The Labute approximate surface area is 177 Å². The lowest BCUT2D eigenvalue weighted by molar-refractivity contribution is 0.0965. The van der Waals surface area contributed by atoms with Crippen LogP contribution >= 0.6 is 0 Å². The van der Waals surface area contributed by atoms with Gasteiger partial charge >= 0.3 is 0 Å². The summed E-state index contributed by atoms with van der Waals surface area (Å²) in [6, 6.07) is 12.2. The molecule has 3 aliphatic heterocycles. The van der Waals surface area contributed by atoms with E-state index in [9.17, 15) is 4.79 Å². The van der Waals surface area contributed by atoms with E-state index in [-0.39, 0.29) is 5.91 Å². The van der Waals surface area contributed by atoms with Gasteiger partial charge in [0.15, 0.2) is 0 Å². The van der Waals surface area contributed by atoms with Crippen LogP contribution < -0.4 is 19.7 Å². The average Bonchev–Trinajstić information content (AvgIpc) is 3.41. The minimum Gasteiger partial charge on any atom is -0.494 e. The molecule has 0 radical (unpaired) electrons. The van der Waals surface area contributed by atoms with Gasteiger partial charge in [-0.1, -0.05) is 12.1 Å². The van der Waals surface area contributed by atoms with Gasteiger partial charge in [-0.05, 0) is 49.2 Å². The van der Waals surface area contributed by atoms with Crippen LogP contribution in [0.15, 0.2) is 36.4 Å². The highest BCUT2D eigenvalue weighted by Gasteiger charge is 2.23. The molecule has 0 atom stereocenters. The second-order valence-corrected chi connectivity index (χ2v) is 8.24. The lowest BCUT2D eigenvalue weighted by Gasteiger charge is -2.36. The maximum Gasteiger partial charge on any atom is 0.252 e. The molecular weight excluding hydrogens is 378 g/mol. The first-order chi connectivity index (χ1) is 14.8. The van der Waals surface area contributed by atoms with E-state index in [4.69, 9.17) is 9.47 Å². The number of anilines is 1. The summed E-state index contributed by atoms with van der Waals surface area (Å²) in [6.45, 7) is 7.59. The van der Waals surface area contributed by atoms with Crippen molar-refractivity contribution >= 4 is 11.6 Å². The predicted molar refractivity (Wildman–Crippen MR) is 117 cm³/mol. The number of piperazine rings is 1. The number of nitrogens with zero attached hydrogens (tertiary/aromatic N) is 2. The molecule has 30 heavy (non-hydrogen) atoms. The summed E-state index contributed by atoms with van der Waals surface area (Å²) < 4.78 is 11.6. The summed E-state index contributed by atoms with van der Waals surface area (Å²) in [5.74, 6) is 1.86. The van der Waals surface area contributed by atoms with Crippen molar-refractivity contribution in [2.45, 2.75) is 25.8 Å². The van der Waals surface area contributed by atoms with Crippen molar-refractivity contribution in [3.63, 3.8) is 0 Å². The Morgan fingerprint density at radius 3 is 2.87 bits per heavy atom. The second-order valence-electron chi connectivity index (χ2n) is 8.24. The molecule has 0 bridgehead atoms. The van der Waals surface area contributed by atoms with Gasteiger partial charge in [-0.3, -0.25) is 9.69 Å². The Bertz CT molecular complexity index is 922. The van der Waals surface area contributed by atoms with Crippen molar-refractivity contribution in [1.29, 1.82) is 0 Å². The first kappa shape index (κ1) is 19.2. The quantitative estimate of drug-likeness (QED) is 0.716. The molecule has 6 nitrogen and oxygen atoms in total. The van der Waals surface area contributed by atoms with Crippen molar-refractivity contribution < 1.29 is 14.3 Å². The Balaban J connectivity index is 1.03. The van der Waals surface area contributed by atoms with E-state index < -0.39 is 0 Å². The van der Waals surface area contributed by atoms with Gasteiger partial charge in [-0.15, -0.1) is 0 Å². The Morgan fingerprint density at radius 2 is 1.97 bits per heavy atom. The predicted octanol–water partition coefficient (Wildman–Crippen LogP) is 2.85. The van der Waals surface area contributed by atoms with Crippen LogP contribution in [-0.2, 0) is 13.0 Å². The fourth-order valence-electron chi connectivity index (χ4n) is 4.62. The normalized spacial score (nSPS) is 18.0. The zero-order chi connectivity index (χ0) is 20.3. The molecule has 0 saturated carbocycles. The van der Waals surface area contributed by atoms with E-state index in [1.807, 2.05) is 18.2 Å². The van der Waals surface area contributed by atoms with Crippen LogP contribution in [0.2, 0.25) is 0 Å². The average molecular weight is 408 g/mol. The van der Waals surface area contributed by atoms with Crippen LogP contribution in [0.5, 0.6) is 11.5 Å². The Hall–Kier alpha value is -2.73. The highest BCUT2D eigenvalue weighted by molar-refractivity contribution is 5.98. The summed E-state index contributed by atoms with van der Waals surface area (Å²) in [4.78, 5) is 16.8. The van der Waals surface area contributed by atoms with Crippen molar-refractivity contribution in [1.82, 2.24) is 10.2 Å². The molecule has 2 aromatic rings. The van der Waals surface area contributed by atoms with Crippen LogP contribution in [0.3, 0.4) is 0 Å². The highest BCUT2D eigenvalue weighted by atomic mass is 16.5. The second kappa shape index (κ2) is 8.56. The molecule has 0 aliphatic carbocycles. The smallest absolute Gasteiger partial charge is 0.252 e. The summed E-state index contributed by atoms with van der Waals surface area (Å²) in [6.07, 6.45) is 3.17. The van der Waals surface area contributed by atoms with Crippen molar-refractivity contribution in [3.8, 4) is 11.5 Å². The maximum absolute atomic E-state index is 11.8. The number of ether oxygens (including phenoxy) is 2. The molecule has 0 unspecified atom stereocenters. The summed E-state index contributed by atoms with van der Waals surface area (Å²) in [5, 5.41) is 2.84. The molecular formula is C24H29N3O3. The van der Waals surface area contributed by atoms with Gasteiger partial charge in [0.05, 0.1) is 13.2 Å². The van der Waals surface area contributed by atoms with E-state index in [0.717, 1.165) is 81.2 Å². The molecule has 1 saturated heterocycles. The van der Waals surface area contributed by atoms with Crippen LogP contribution in [0.4, 0.5) is 5.69 Å². The fraction of sp³-hybridized carbons (Fsp3) is 0.458. The number of benzene rings is 2. The molecule has 5 rings (SSSR count). The minimum atomic E-state index is 0.00239. The summed E-state index contributed by atoms with van der Waals surface area (Å²) >= 11 is 0. The first-order valence-corrected chi connectivity index (χ1v) is 11.0. The number of hydrogen-bond donors (Lipinski definition) is 1. The van der Waals surface area contributed by atoms with E-state index in [0.29, 0.717) is 13.2 Å². The largest absolute Gasteiger partial charge is 0.494 e. The molecule has 0 spiro atoms. The molecule has 1 N–H and O–H groups in total. The van der Waals surface area contributed by atoms with E-state index in [1.54, 1.807) is 0 Å². The molecule has 158 valence electrons. The van der Waals surface area contributed by atoms with Gasteiger partial charge in [-0.25, -0.2) is 0 Å². The van der Waals surface area contributed by atoms with E-state index >= 15 is 0 Å². The van der Waals surface area contributed by atoms with Crippen LogP contribution in [0, 0.1) is 0 Å². The zero-order valence-electron chi connectivity index (χ0n) is 17.4. The van der Waals surface area contributed by atoms with Crippen LogP contribution in [0.25, 0.3) is 0 Å². The first-order valence-electron chi connectivity index (χ1n) is 11.0. The fourth-order valence-corrected chi connectivity index (χ4v) is 4.62. The number of rotatable bonds is 7. The number of fused-ring (bicyclic) bond motifs is 2. The third-order valence-corrected chi connectivity index (χ3v) is 6.33. The molecule has 1 fully saturated rings. The van der Waals surface area contributed by atoms with Crippen LogP contribution in [0.1, 0.15) is 34.3 Å². The maximum atomic E-state index is 11.8. The van der Waals surface area contributed by atoms with Crippen molar-refractivity contribution in [3.05, 3.63) is 53.1 Å². The third kappa shape index (κ3) is 3.97. The number of amides is 1. The Morgan fingerprint density at radius 1 is 1.07 bits per heavy atom. The zero-order valence-corrected chi connectivity index (χ0v) is 17.4. The highest BCUT2D eigenvalue weighted by Crippen LogP contribution is 2.34. The summed E-state index contributed by atoms with van der Waals surface area (Å²) in [5.41, 5.74) is 4.55. The SMILES string of the molecule is O=C1NCc2ccc(OCCCCN3CCN(c4cccc5c4CCO5)CC3)cc21. The van der Waals surface area contributed by atoms with Gasteiger partial charge in [0, 0.05) is 56.0 Å². The number of nitrogens with one attached hydrogen (secondary N) is 1. The van der Waals surface area contributed by atoms with Crippen molar-refractivity contribution in [2.24, 2.45) is 0 Å². The van der Waals surface area contributed by atoms with Gasteiger partial charge in [0.25, 0.3) is 5.91 Å². The number of carbonyl (C=O) groups excluding carboxylic acids is 1. The lowest BCUT2D eigenvalue weighted by atomic mass is 10.1. The van der Waals surface area contributed by atoms with Crippen molar-refractivity contribution in [2.75, 3.05) is 50.8 Å².